The number of nitrogens with zero attached hydrogens (tertiary/aromatic N) is 3. The van der Waals surface area contributed by atoms with Crippen LogP contribution in [0.25, 0.3) is 0 Å². The van der Waals surface area contributed by atoms with Crippen LogP contribution in [-0.2, 0) is 24.4 Å². The molecule has 9 heteroatoms. The summed E-state index contributed by atoms with van der Waals surface area (Å²) in [6, 6.07) is 5.38. The maximum Gasteiger partial charge on any atom is 0.388 e. The number of hydrogen-bond donors (Lipinski definition) is 3. The van der Waals surface area contributed by atoms with Crippen molar-refractivity contribution in [2.24, 2.45) is 0 Å². The molecule has 2 aliphatic heterocycles. The number of hydrogen-bond acceptors (Lipinski definition) is 5. The van der Waals surface area contributed by atoms with Crippen molar-refractivity contribution in [1.29, 1.82) is 0 Å². The lowest BCUT2D eigenvalue weighted by Gasteiger charge is -2.32. The topological polar surface area (TPSA) is 111 Å². The summed E-state index contributed by atoms with van der Waals surface area (Å²) >= 11 is 0. The second-order valence-electron chi connectivity index (χ2n) is 9.37. The summed E-state index contributed by atoms with van der Waals surface area (Å²) in [5.74, 6) is 0.271. The molecule has 2 amide bonds. The van der Waals surface area contributed by atoms with Gasteiger partial charge >= 0.3 is 11.8 Å². The highest BCUT2D eigenvalue weighted by Crippen LogP contribution is 2.31. The number of carbonyl (C=O) groups excluding carboxylic acids is 2. The number of carbonyl (C=O) groups is 2. The molecule has 3 aliphatic rings. The predicted molar refractivity (Wildman–Crippen MR) is 124 cm³/mol. The molecule has 1 aromatic carbocycles. The van der Waals surface area contributed by atoms with E-state index in [0.717, 1.165) is 43.7 Å². The molecule has 0 radical (unpaired) electrons. The minimum Gasteiger partial charge on any atom is -0.489 e. The predicted octanol–water partition coefficient (Wildman–Crippen LogP) is 1.06. The first-order valence-corrected chi connectivity index (χ1v) is 12.2. The molecule has 9 nitrogen and oxygen atoms in total. The van der Waals surface area contributed by atoms with E-state index in [0.29, 0.717) is 24.9 Å². The van der Waals surface area contributed by atoms with Crippen LogP contribution in [0.2, 0.25) is 0 Å². The number of ether oxygens (including phenoxy) is 1. The number of nitrogens with one attached hydrogen (secondary N) is 2. The molecular formula is C25H32N5O4+. The number of aryl methyl sites for hydroxylation is 1. The lowest BCUT2D eigenvalue weighted by molar-refractivity contribution is -0.394. The third-order valence-electron chi connectivity index (χ3n) is 7.08. The van der Waals surface area contributed by atoms with E-state index in [1.54, 1.807) is 4.90 Å². The monoisotopic (exact) mass is 466 g/mol. The van der Waals surface area contributed by atoms with Crippen LogP contribution in [-0.4, -0.2) is 55.7 Å². The fourth-order valence-electron chi connectivity index (χ4n) is 5.21. The molecule has 5 rings (SSSR count). The number of aliphatic hydroxyl groups is 1. The van der Waals surface area contributed by atoms with Crippen LogP contribution in [0.15, 0.2) is 30.6 Å². The van der Waals surface area contributed by atoms with Gasteiger partial charge in [0.05, 0.1) is 12.6 Å². The Morgan fingerprint density at radius 2 is 2.09 bits per heavy atom. The van der Waals surface area contributed by atoms with E-state index in [1.807, 2.05) is 29.1 Å². The molecule has 2 aromatic rings. The smallest absolute Gasteiger partial charge is 0.388 e. The zero-order chi connectivity index (χ0) is 23.7. The summed E-state index contributed by atoms with van der Waals surface area (Å²) in [5.41, 5.74) is 2.68. The third-order valence-corrected chi connectivity index (χ3v) is 7.08. The summed E-state index contributed by atoms with van der Waals surface area (Å²) < 4.78 is 8.36. The first-order valence-electron chi connectivity index (χ1n) is 12.2. The van der Waals surface area contributed by atoms with Gasteiger partial charge in [-0.2, -0.15) is 5.10 Å². The van der Waals surface area contributed by atoms with Crippen LogP contribution in [0, 0.1) is 0 Å². The van der Waals surface area contributed by atoms with Crippen LogP contribution in [0.5, 0.6) is 5.75 Å². The lowest BCUT2D eigenvalue weighted by Crippen LogP contribution is -2.82. The highest BCUT2D eigenvalue weighted by molar-refractivity contribution is 6.01. The van der Waals surface area contributed by atoms with E-state index < -0.39 is 6.04 Å². The van der Waals surface area contributed by atoms with Gasteiger partial charge in [0, 0.05) is 43.0 Å². The van der Waals surface area contributed by atoms with Gasteiger partial charge in [-0.1, -0.05) is 6.42 Å². The molecule has 34 heavy (non-hydrogen) atoms. The zero-order valence-corrected chi connectivity index (χ0v) is 19.5. The maximum atomic E-state index is 13.0. The third kappa shape index (κ3) is 4.57. The standard InChI is InChI=1S/C25H31N5O4/c1-2-29-14-16(13-27-29)12-26-20-5-3-4-6-22(20)34-18-7-8-19-17(11-18)15-30(25(19)33)21-9-10-23(31)28-24(21)32/h7-8,11,13-14,20-22,26H,2-6,9-10,12,15H2,1H3,(H,28,31,32)/p+1/t20-,21?,22-/m1/s1. The Morgan fingerprint density at radius 3 is 2.88 bits per heavy atom. The Hall–Kier alpha value is -3.20. The van der Waals surface area contributed by atoms with Crippen molar-refractivity contribution in [3.63, 3.8) is 0 Å². The largest absolute Gasteiger partial charge is 0.489 e. The molecule has 3 heterocycles. The minimum absolute atomic E-state index is 0.0622. The maximum absolute atomic E-state index is 13.0. The van der Waals surface area contributed by atoms with Crippen LogP contribution in [0.4, 0.5) is 0 Å². The molecule has 1 aromatic heterocycles. The van der Waals surface area contributed by atoms with Crippen LogP contribution >= 0.6 is 0 Å². The number of aliphatic hydroxyl groups excluding tert-OH is 1. The van der Waals surface area contributed by atoms with Gasteiger partial charge in [-0.3, -0.25) is 9.48 Å². The number of rotatable bonds is 7. The van der Waals surface area contributed by atoms with Crippen molar-refractivity contribution in [3.8, 4) is 5.75 Å². The number of benzene rings is 1. The van der Waals surface area contributed by atoms with Gasteiger partial charge in [0.15, 0.2) is 6.04 Å². The van der Waals surface area contributed by atoms with E-state index in [2.05, 4.69) is 28.5 Å². The fraction of sp³-hybridized carbons (Fsp3) is 0.520. The summed E-state index contributed by atoms with van der Waals surface area (Å²) in [4.78, 5) is 28.6. The number of aromatic nitrogens is 2. The van der Waals surface area contributed by atoms with Crippen molar-refractivity contribution in [2.45, 2.75) is 83.3 Å². The number of amides is 2. The normalized spacial score (nSPS) is 24.8. The molecule has 3 N–H and O–H groups in total. The average molecular weight is 467 g/mol. The van der Waals surface area contributed by atoms with E-state index >= 15 is 0 Å². The Morgan fingerprint density at radius 1 is 1.24 bits per heavy atom. The molecule has 0 spiro atoms. The quantitative estimate of drug-likeness (QED) is 0.563. The molecule has 3 atom stereocenters. The molecule has 1 saturated carbocycles. The van der Waals surface area contributed by atoms with E-state index in [4.69, 9.17) is 4.74 Å². The molecular weight excluding hydrogens is 434 g/mol. The molecule has 0 saturated heterocycles. The van der Waals surface area contributed by atoms with Gasteiger partial charge < -0.3 is 20.1 Å². The minimum atomic E-state index is -0.494. The van der Waals surface area contributed by atoms with Gasteiger partial charge in [-0.25, -0.2) is 4.79 Å². The SMILES string of the molecule is CCn1cc(CN[C@@H]2CCCC[C@H]2Oc2ccc3c(c2)CN(C2CCC(=O)[NH+]=C2O)C3=O)cn1. The molecule has 180 valence electrons. The van der Waals surface area contributed by atoms with Crippen molar-refractivity contribution in [3.05, 3.63) is 47.3 Å². The van der Waals surface area contributed by atoms with Gasteiger partial charge in [0.2, 0.25) is 0 Å². The van der Waals surface area contributed by atoms with Gasteiger partial charge in [0.1, 0.15) is 11.9 Å². The lowest BCUT2D eigenvalue weighted by atomic mass is 9.92. The van der Waals surface area contributed by atoms with Crippen molar-refractivity contribution in [1.82, 2.24) is 20.0 Å². The average Bonchev–Trinajstić information content (AvgIpc) is 3.43. The summed E-state index contributed by atoms with van der Waals surface area (Å²) in [5, 5.41) is 18.2. The van der Waals surface area contributed by atoms with Crippen molar-refractivity contribution >= 4 is 17.7 Å². The van der Waals surface area contributed by atoms with E-state index in [-0.39, 0.29) is 29.9 Å². The van der Waals surface area contributed by atoms with Crippen LogP contribution in [0.1, 0.15) is 66.9 Å². The zero-order valence-electron chi connectivity index (χ0n) is 19.5. The van der Waals surface area contributed by atoms with Crippen LogP contribution < -0.4 is 15.0 Å². The Labute approximate surface area is 198 Å². The molecule has 1 unspecified atom stereocenters. The molecule has 1 fully saturated rings. The first kappa shape index (κ1) is 22.6. The first-order chi connectivity index (χ1) is 16.5. The van der Waals surface area contributed by atoms with Crippen molar-refractivity contribution < 1.29 is 24.4 Å². The second-order valence-corrected chi connectivity index (χ2v) is 9.37. The van der Waals surface area contributed by atoms with E-state index in [9.17, 15) is 14.7 Å². The summed E-state index contributed by atoms with van der Waals surface area (Å²) in [7, 11) is 0. The van der Waals surface area contributed by atoms with Gasteiger partial charge in [-0.05, 0) is 56.4 Å². The molecule has 0 bridgehead atoms. The summed E-state index contributed by atoms with van der Waals surface area (Å²) in [6.45, 7) is 4.09. The number of fused-ring (bicyclic) bond motifs is 1. The Kier molecular flexibility index (Phi) is 6.36. The fourth-order valence-corrected chi connectivity index (χ4v) is 5.21. The second kappa shape index (κ2) is 9.58. The van der Waals surface area contributed by atoms with Crippen molar-refractivity contribution in [2.75, 3.05) is 0 Å². The van der Waals surface area contributed by atoms with Gasteiger partial charge in [-0.15, -0.1) is 4.99 Å². The Bertz CT molecular complexity index is 1110. The highest BCUT2D eigenvalue weighted by Gasteiger charge is 2.41. The Balaban J connectivity index is 1.25. The highest BCUT2D eigenvalue weighted by atomic mass is 16.5. The molecule has 1 aliphatic carbocycles. The van der Waals surface area contributed by atoms with E-state index in [1.165, 1.54) is 12.0 Å². The van der Waals surface area contributed by atoms with Crippen LogP contribution in [0.3, 0.4) is 0 Å². The summed E-state index contributed by atoms with van der Waals surface area (Å²) in [6.07, 6.45) is 9.12. The van der Waals surface area contributed by atoms with Gasteiger partial charge in [0.25, 0.3) is 5.91 Å².